The fourth-order valence-electron chi connectivity index (χ4n) is 2.48. The number of hydrogen-bond acceptors (Lipinski definition) is 3. The molecule has 2 N–H and O–H groups in total. The van der Waals surface area contributed by atoms with E-state index in [0.717, 1.165) is 29.2 Å². The van der Waals surface area contributed by atoms with Crippen molar-refractivity contribution in [1.82, 2.24) is 19.5 Å². The van der Waals surface area contributed by atoms with Gasteiger partial charge in [-0.25, -0.2) is 9.97 Å². The number of nitrogens with one attached hydrogen (secondary N) is 2. The van der Waals surface area contributed by atoms with Gasteiger partial charge in [-0.05, 0) is 12.1 Å². The minimum atomic E-state index is -0.0116. The molecule has 2 heterocycles. The van der Waals surface area contributed by atoms with Gasteiger partial charge in [0.25, 0.3) is 0 Å². The number of aryl methyl sites for hydroxylation is 2. The molecule has 0 aliphatic heterocycles. The van der Waals surface area contributed by atoms with Gasteiger partial charge in [0.05, 0.1) is 18.2 Å². The van der Waals surface area contributed by atoms with E-state index in [1.165, 1.54) is 0 Å². The van der Waals surface area contributed by atoms with Gasteiger partial charge < -0.3 is 14.9 Å². The van der Waals surface area contributed by atoms with E-state index in [2.05, 4.69) is 27.2 Å². The second-order valence-electron chi connectivity index (χ2n) is 5.23. The average Bonchev–Trinajstić information content (AvgIpc) is 3.24. The van der Waals surface area contributed by atoms with E-state index in [0.29, 0.717) is 13.0 Å². The highest BCUT2D eigenvalue weighted by Gasteiger charge is 2.06. The summed E-state index contributed by atoms with van der Waals surface area (Å²) in [6.07, 6.45) is 8.34. The first kappa shape index (κ1) is 15.0. The van der Waals surface area contributed by atoms with Crippen LogP contribution in [0.25, 0.3) is 11.3 Å². The van der Waals surface area contributed by atoms with Crippen molar-refractivity contribution in [2.24, 2.45) is 0 Å². The average molecular weight is 309 g/mol. The predicted molar refractivity (Wildman–Crippen MR) is 88.9 cm³/mol. The summed E-state index contributed by atoms with van der Waals surface area (Å²) in [6.45, 7) is 2.69. The van der Waals surface area contributed by atoms with E-state index in [-0.39, 0.29) is 5.91 Å². The molecule has 6 nitrogen and oxygen atoms in total. The Hall–Kier alpha value is -2.89. The van der Waals surface area contributed by atoms with Crippen LogP contribution >= 0.6 is 0 Å². The minimum Gasteiger partial charge on any atom is -0.345 e. The van der Waals surface area contributed by atoms with Crippen molar-refractivity contribution in [3.63, 3.8) is 0 Å². The Labute approximate surface area is 134 Å². The summed E-state index contributed by atoms with van der Waals surface area (Å²) in [4.78, 5) is 23.5. The van der Waals surface area contributed by atoms with Crippen LogP contribution in [0.4, 0.5) is 5.69 Å². The number of H-pyrrole nitrogens is 1. The third kappa shape index (κ3) is 3.66. The highest BCUT2D eigenvalue weighted by Crippen LogP contribution is 2.20. The van der Waals surface area contributed by atoms with Crippen LogP contribution in [0.3, 0.4) is 0 Å². The summed E-state index contributed by atoms with van der Waals surface area (Å²) in [5.41, 5.74) is 2.69. The molecule has 1 amide bonds. The van der Waals surface area contributed by atoms with Gasteiger partial charge in [0.1, 0.15) is 5.82 Å². The summed E-state index contributed by atoms with van der Waals surface area (Å²) >= 11 is 0. The molecule has 0 radical (unpaired) electrons. The molecular weight excluding hydrogens is 290 g/mol. The van der Waals surface area contributed by atoms with Gasteiger partial charge in [-0.1, -0.05) is 19.1 Å². The largest absolute Gasteiger partial charge is 0.345 e. The van der Waals surface area contributed by atoms with E-state index in [4.69, 9.17) is 0 Å². The molecule has 0 bridgehead atoms. The normalized spacial score (nSPS) is 10.7. The van der Waals surface area contributed by atoms with Crippen molar-refractivity contribution in [3.8, 4) is 11.3 Å². The lowest BCUT2D eigenvalue weighted by molar-refractivity contribution is -0.116. The second kappa shape index (κ2) is 6.91. The lowest BCUT2D eigenvalue weighted by Crippen LogP contribution is -2.15. The van der Waals surface area contributed by atoms with Crippen LogP contribution in [-0.4, -0.2) is 25.4 Å². The molecule has 2 aromatic heterocycles. The molecule has 0 spiro atoms. The van der Waals surface area contributed by atoms with Crippen molar-refractivity contribution in [2.75, 3.05) is 5.32 Å². The van der Waals surface area contributed by atoms with Crippen LogP contribution < -0.4 is 5.32 Å². The molecule has 0 aliphatic carbocycles. The third-order valence-corrected chi connectivity index (χ3v) is 3.65. The van der Waals surface area contributed by atoms with Crippen molar-refractivity contribution in [3.05, 3.63) is 55.0 Å². The van der Waals surface area contributed by atoms with Crippen LogP contribution in [0, 0.1) is 0 Å². The van der Waals surface area contributed by atoms with Crippen molar-refractivity contribution in [1.29, 1.82) is 0 Å². The third-order valence-electron chi connectivity index (χ3n) is 3.65. The maximum Gasteiger partial charge on any atom is 0.226 e. The number of carbonyl (C=O) groups excluding carboxylic acids is 1. The zero-order valence-corrected chi connectivity index (χ0v) is 13.0. The van der Waals surface area contributed by atoms with Crippen LogP contribution in [0.2, 0.25) is 0 Å². The predicted octanol–water partition coefficient (Wildman–Crippen LogP) is 2.86. The Kier molecular flexibility index (Phi) is 4.52. The number of nitrogens with zero attached hydrogens (tertiary/aromatic N) is 3. The van der Waals surface area contributed by atoms with E-state index >= 15 is 0 Å². The summed E-state index contributed by atoms with van der Waals surface area (Å²) in [7, 11) is 0. The monoisotopic (exact) mass is 309 g/mol. The second-order valence-corrected chi connectivity index (χ2v) is 5.23. The van der Waals surface area contributed by atoms with Crippen LogP contribution in [0.15, 0.2) is 49.2 Å². The highest BCUT2D eigenvalue weighted by molar-refractivity contribution is 5.91. The lowest BCUT2D eigenvalue weighted by Gasteiger charge is -2.08. The maximum atomic E-state index is 12.1. The molecule has 3 aromatic rings. The van der Waals surface area contributed by atoms with E-state index < -0.39 is 0 Å². The van der Waals surface area contributed by atoms with Crippen molar-refractivity contribution in [2.45, 2.75) is 26.3 Å². The van der Waals surface area contributed by atoms with Gasteiger partial charge in [0, 0.05) is 43.0 Å². The summed E-state index contributed by atoms with van der Waals surface area (Å²) in [6, 6.07) is 7.70. The van der Waals surface area contributed by atoms with Gasteiger partial charge in [-0.3, -0.25) is 4.79 Å². The molecule has 0 saturated carbocycles. The number of carbonyl (C=O) groups is 1. The number of anilines is 1. The van der Waals surface area contributed by atoms with Gasteiger partial charge in [0.2, 0.25) is 5.91 Å². The molecule has 0 aliphatic rings. The zero-order chi connectivity index (χ0) is 16.1. The molecule has 0 fully saturated rings. The Balaban J connectivity index is 1.61. The number of imidazole rings is 2. The first-order chi connectivity index (χ1) is 11.3. The molecule has 0 unspecified atom stereocenters. The smallest absolute Gasteiger partial charge is 0.226 e. The van der Waals surface area contributed by atoms with Crippen LogP contribution in [-0.2, 0) is 17.8 Å². The van der Waals surface area contributed by atoms with Gasteiger partial charge in [0.15, 0.2) is 0 Å². The standard InChI is InChI=1S/C17H19N5O/c1-2-16-19-7-9-22(16)8-6-17(23)21-14-5-3-4-13(10-14)15-11-18-12-20-15/h3-5,7,9-12H,2,6,8H2,1H3,(H,18,20)(H,21,23). The number of aromatic nitrogens is 4. The molecule has 1 aromatic carbocycles. The van der Waals surface area contributed by atoms with E-state index in [1.807, 2.05) is 35.0 Å². The van der Waals surface area contributed by atoms with E-state index in [9.17, 15) is 4.79 Å². The highest BCUT2D eigenvalue weighted by atomic mass is 16.1. The molecular formula is C17H19N5O. The molecule has 0 atom stereocenters. The fourth-order valence-corrected chi connectivity index (χ4v) is 2.48. The summed E-state index contributed by atoms with van der Waals surface area (Å²) in [5.74, 6) is 0.988. The number of aromatic amines is 1. The van der Waals surface area contributed by atoms with Crippen molar-refractivity contribution < 1.29 is 4.79 Å². The van der Waals surface area contributed by atoms with Gasteiger partial charge >= 0.3 is 0 Å². The number of hydrogen-bond donors (Lipinski definition) is 2. The molecule has 118 valence electrons. The Morgan fingerprint density at radius 1 is 1.39 bits per heavy atom. The minimum absolute atomic E-state index is 0.0116. The summed E-state index contributed by atoms with van der Waals surface area (Å²) in [5, 5.41) is 2.94. The SMILES string of the molecule is CCc1nccn1CCC(=O)Nc1cccc(-c2cnc[nH]2)c1. The Morgan fingerprint density at radius 2 is 2.30 bits per heavy atom. The molecule has 0 saturated heterocycles. The molecule has 6 heteroatoms. The van der Waals surface area contributed by atoms with Crippen molar-refractivity contribution >= 4 is 11.6 Å². The summed E-state index contributed by atoms with van der Waals surface area (Å²) < 4.78 is 2.01. The van der Waals surface area contributed by atoms with Gasteiger partial charge in [-0.15, -0.1) is 0 Å². The Bertz CT molecular complexity index is 776. The Morgan fingerprint density at radius 3 is 3.09 bits per heavy atom. The molecule has 23 heavy (non-hydrogen) atoms. The fraction of sp³-hybridized carbons (Fsp3) is 0.235. The zero-order valence-electron chi connectivity index (χ0n) is 13.0. The number of amides is 1. The molecule has 3 rings (SSSR count). The first-order valence-corrected chi connectivity index (χ1v) is 7.65. The van der Waals surface area contributed by atoms with Crippen LogP contribution in [0.1, 0.15) is 19.2 Å². The number of benzene rings is 1. The van der Waals surface area contributed by atoms with Crippen LogP contribution in [0.5, 0.6) is 0 Å². The van der Waals surface area contributed by atoms with E-state index in [1.54, 1.807) is 18.7 Å². The topological polar surface area (TPSA) is 75.6 Å². The first-order valence-electron chi connectivity index (χ1n) is 7.65. The quantitative estimate of drug-likeness (QED) is 0.735. The van der Waals surface area contributed by atoms with Gasteiger partial charge in [-0.2, -0.15) is 0 Å². The maximum absolute atomic E-state index is 12.1. The lowest BCUT2D eigenvalue weighted by atomic mass is 10.1. The number of rotatable bonds is 6.